The number of H-pyrrole nitrogens is 1. The maximum Gasteiger partial charge on any atom is 0.233 e. The lowest BCUT2D eigenvalue weighted by Gasteiger charge is -2.20. The summed E-state index contributed by atoms with van der Waals surface area (Å²) < 4.78 is 0. The van der Waals surface area contributed by atoms with Gasteiger partial charge in [0.25, 0.3) is 0 Å². The molecular weight excluding hydrogens is 222 g/mol. The van der Waals surface area contributed by atoms with Crippen LogP contribution >= 0.6 is 11.8 Å². The second-order valence-corrected chi connectivity index (χ2v) is 4.53. The molecule has 5 heteroatoms. The van der Waals surface area contributed by atoms with Crippen LogP contribution in [0.2, 0.25) is 0 Å². The molecule has 4 nitrogen and oxygen atoms in total. The minimum absolute atomic E-state index is 0.199. The first kappa shape index (κ1) is 13.1. The van der Waals surface area contributed by atoms with Crippen molar-refractivity contribution in [3.63, 3.8) is 0 Å². The molecule has 0 atom stereocenters. The Morgan fingerprint density at radius 1 is 1.44 bits per heavy atom. The third-order valence-corrected chi connectivity index (χ3v) is 3.03. The summed E-state index contributed by atoms with van der Waals surface area (Å²) in [7, 11) is 0. The minimum Gasteiger partial charge on any atom is -0.342 e. The first-order valence-corrected chi connectivity index (χ1v) is 6.66. The third kappa shape index (κ3) is 4.26. The summed E-state index contributed by atoms with van der Waals surface area (Å²) in [4.78, 5) is 20.9. The number of nitrogens with zero attached hydrogens (tertiary/aromatic N) is 2. The molecular formula is C11H19N3OS. The van der Waals surface area contributed by atoms with Crippen LogP contribution in [-0.4, -0.2) is 39.6 Å². The molecule has 1 aromatic rings. The van der Waals surface area contributed by atoms with Gasteiger partial charge in [-0.2, -0.15) is 0 Å². The van der Waals surface area contributed by atoms with Gasteiger partial charge in [0.1, 0.15) is 0 Å². The Balaban J connectivity index is 2.36. The molecule has 90 valence electrons. The SMILES string of the molecule is CCCN(CCC)C(=O)CSc1ncc[nH]1. The molecule has 0 unspecified atom stereocenters. The summed E-state index contributed by atoms with van der Waals surface area (Å²) in [5.74, 6) is 0.665. The Bertz CT molecular complexity index is 294. The van der Waals surface area contributed by atoms with Gasteiger partial charge in [0.2, 0.25) is 5.91 Å². The predicted molar refractivity (Wildman–Crippen MR) is 66.5 cm³/mol. The lowest BCUT2D eigenvalue weighted by atomic mass is 10.3. The van der Waals surface area contributed by atoms with Gasteiger partial charge in [-0.05, 0) is 12.8 Å². The summed E-state index contributed by atoms with van der Waals surface area (Å²) in [6.07, 6.45) is 5.49. The fourth-order valence-electron chi connectivity index (χ4n) is 1.45. The van der Waals surface area contributed by atoms with Crippen molar-refractivity contribution in [2.24, 2.45) is 0 Å². The lowest BCUT2D eigenvalue weighted by Crippen LogP contribution is -2.33. The van der Waals surface area contributed by atoms with E-state index in [1.54, 1.807) is 12.4 Å². The number of amides is 1. The number of carbonyl (C=O) groups is 1. The van der Waals surface area contributed by atoms with Gasteiger partial charge in [-0.15, -0.1) is 0 Å². The van der Waals surface area contributed by atoms with E-state index in [1.165, 1.54) is 11.8 Å². The van der Waals surface area contributed by atoms with Gasteiger partial charge in [0.05, 0.1) is 5.75 Å². The van der Waals surface area contributed by atoms with Crippen molar-refractivity contribution in [1.82, 2.24) is 14.9 Å². The highest BCUT2D eigenvalue weighted by Gasteiger charge is 2.12. The molecule has 1 N–H and O–H groups in total. The predicted octanol–water partition coefficient (Wildman–Crippen LogP) is 2.15. The summed E-state index contributed by atoms with van der Waals surface area (Å²) in [5.41, 5.74) is 0. The molecule has 1 rings (SSSR count). The Morgan fingerprint density at radius 3 is 2.62 bits per heavy atom. The normalized spacial score (nSPS) is 10.4. The Kier molecular flexibility index (Phi) is 6.00. The molecule has 0 aliphatic rings. The monoisotopic (exact) mass is 241 g/mol. The van der Waals surface area contributed by atoms with Crippen molar-refractivity contribution in [2.75, 3.05) is 18.8 Å². The second-order valence-electron chi connectivity index (χ2n) is 3.56. The second kappa shape index (κ2) is 7.33. The van der Waals surface area contributed by atoms with Gasteiger partial charge in [-0.3, -0.25) is 4.79 Å². The first-order chi connectivity index (χ1) is 7.77. The van der Waals surface area contributed by atoms with Gasteiger partial charge in [-0.25, -0.2) is 4.98 Å². The highest BCUT2D eigenvalue weighted by Crippen LogP contribution is 2.12. The number of thioether (sulfide) groups is 1. The minimum atomic E-state index is 0.199. The molecule has 0 aliphatic carbocycles. The van der Waals surface area contributed by atoms with Crippen molar-refractivity contribution in [2.45, 2.75) is 31.8 Å². The highest BCUT2D eigenvalue weighted by molar-refractivity contribution is 7.99. The topological polar surface area (TPSA) is 49.0 Å². The van der Waals surface area contributed by atoms with E-state index >= 15 is 0 Å². The number of aromatic nitrogens is 2. The van der Waals surface area contributed by atoms with E-state index < -0.39 is 0 Å². The summed E-state index contributed by atoms with van der Waals surface area (Å²) in [5, 5.41) is 0.807. The summed E-state index contributed by atoms with van der Waals surface area (Å²) in [6, 6.07) is 0. The van der Waals surface area contributed by atoms with Crippen LogP contribution in [0.4, 0.5) is 0 Å². The molecule has 0 spiro atoms. The van der Waals surface area contributed by atoms with E-state index in [1.807, 2.05) is 4.90 Å². The van der Waals surface area contributed by atoms with Crippen LogP contribution in [0.25, 0.3) is 0 Å². The number of rotatable bonds is 7. The fraction of sp³-hybridized carbons (Fsp3) is 0.636. The Labute approximate surface area is 101 Å². The Hall–Kier alpha value is -0.970. The van der Waals surface area contributed by atoms with E-state index in [0.29, 0.717) is 5.75 Å². The molecule has 0 aliphatic heterocycles. The van der Waals surface area contributed by atoms with Gasteiger partial charge >= 0.3 is 0 Å². The van der Waals surface area contributed by atoms with Gasteiger partial charge in [0, 0.05) is 25.5 Å². The van der Waals surface area contributed by atoms with Gasteiger partial charge < -0.3 is 9.88 Å². The van der Waals surface area contributed by atoms with Crippen LogP contribution in [0, 0.1) is 0 Å². The zero-order valence-corrected chi connectivity index (χ0v) is 10.7. The van der Waals surface area contributed by atoms with Crippen molar-refractivity contribution >= 4 is 17.7 Å². The van der Waals surface area contributed by atoms with E-state index in [0.717, 1.165) is 31.1 Å². The molecule has 0 saturated heterocycles. The quantitative estimate of drug-likeness (QED) is 0.744. The Morgan fingerprint density at radius 2 is 2.12 bits per heavy atom. The zero-order chi connectivity index (χ0) is 11.8. The van der Waals surface area contributed by atoms with Crippen LogP contribution in [0.3, 0.4) is 0 Å². The maximum atomic E-state index is 11.9. The number of nitrogens with one attached hydrogen (secondary N) is 1. The molecule has 1 aromatic heterocycles. The molecule has 0 aromatic carbocycles. The van der Waals surface area contributed by atoms with Crippen molar-refractivity contribution in [1.29, 1.82) is 0 Å². The first-order valence-electron chi connectivity index (χ1n) is 5.67. The number of imidazole rings is 1. The van der Waals surface area contributed by atoms with Crippen LogP contribution in [0.5, 0.6) is 0 Å². The fourth-order valence-corrected chi connectivity index (χ4v) is 2.18. The van der Waals surface area contributed by atoms with Gasteiger partial charge in [0.15, 0.2) is 5.16 Å². The molecule has 0 radical (unpaired) electrons. The molecule has 0 bridgehead atoms. The van der Waals surface area contributed by atoms with Crippen molar-refractivity contribution in [3.05, 3.63) is 12.4 Å². The molecule has 0 saturated carbocycles. The van der Waals surface area contributed by atoms with Crippen LogP contribution in [0.15, 0.2) is 17.6 Å². The maximum absolute atomic E-state index is 11.9. The van der Waals surface area contributed by atoms with E-state index in [-0.39, 0.29) is 5.91 Å². The molecule has 1 amide bonds. The zero-order valence-electron chi connectivity index (χ0n) is 9.90. The smallest absolute Gasteiger partial charge is 0.233 e. The van der Waals surface area contributed by atoms with E-state index in [4.69, 9.17) is 0 Å². The van der Waals surface area contributed by atoms with Gasteiger partial charge in [-0.1, -0.05) is 25.6 Å². The summed E-state index contributed by atoms with van der Waals surface area (Å²) >= 11 is 1.46. The van der Waals surface area contributed by atoms with E-state index in [9.17, 15) is 4.79 Å². The van der Waals surface area contributed by atoms with Crippen LogP contribution in [0.1, 0.15) is 26.7 Å². The highest BCUT2D eigenvalue weighted by atomic mass is 32.2. The summed E-state index contributed by atoms with van der Waals surface area (Å²) in [6.45, 7) is 5.89. The number of carbonyl (C=O) groups excluding carboxylic acids is 1. The number of hydrogen-bond donors (Lipinski definition) is 1. The standard InChI is InChI=1S/C11H19N3OS/c1-3-7-14(8-4-2)10(15)9-16-11-12-5-6-13-11/h5-6H,3-4,7-9H2,1-2H3,(H,12,13). The average molecular weight is 241 g/mol. The largest absolute Gasteiger partial charge is 0.342 e. The van der Waals surface area contributed by atoms with Crippen molar-refractivity contribution in [3.8, 4) is 0 Å². The average Bonchev–Trinajstić information content (AvgIpc) is 2.78. The van der Waals surface area contributed by atoms with Crippen molar-refractivity contribution < 1.29 is 4.79 Å². The van der Waals surface area contributed by atoms with E-state index in [2.05, 4.69) is 23.8 Å². The number of hydrogen-bond acceptors (Lipinski definition) is 3. The molecule has 16 heavy (non-hydrogen) atoms. The lowest BCUT2D eigenvalue weighted by molar-refractivity contribution is -0.128. The molecule has 1 heterocycles. The van der Waals surface area contributed by atoms with Crippen LogP contribution < -0.4 is 0 Å². The molecule has 0 fully saturated rings. The van der Waals surface area contributed by atoms with Crippen LogP contribution in [-0.2, 0) is 4.79 Å². The number of aromatic amines is 1. The third-order valence-electron chi connectivity index (χ3n) is 2.15.